The van der Waals surface area contributed by atoms with Gasteiger partial charge in [0, 0.05) is 5.75 Å². The first-order valence-corrected chi connectivity index (χ1v) is 4.92. The molecule has 0 radical (unpaired) electrons. The molecule has 0 heterocycles. The van der Waals surface area contributed by atoms with Crippen LogP contribution in [0, 0.1) is 0 Å². The summed E-state index contributed by atoms with van der Waals surface area (Å²) in [6.07, 6.45) is 1.14. The number of amides is 1. The van der Waals surface area contributed by atoms with E-state index in [0.29, 0.717) is 0 Å². The van der Waals surface area contributed by atoms with E-state index >= 15 is 0 Å². The van der Waals surface area contributed by atoms with Crippen molar-refractivity contribution in [3.63, 3.8) is 0 Å². The number of nitrogens with two attached hydrogens (primary N) is 1. The molecule has 0 spiro atoms. The SMILES string of the molecule is CCCSCC(NC)C(N)=O. The third-order valence-corrected chi connectivity index (χ3v) is 2.59. The number of thioether (sulfide) groups is 1. The molecule has 0 fully saturated rings. The second-order valence-electron chi connectivity index (χ2n) is 2.32. The second kappa shape index (κ2) is 6.49. The van der Waals surface area contributed by atoms with E-state index in [1.165, 1.54) is 0 Å². The molecule has 0 rings (SSSR count). The number of carbonyl (C=O) groups excluding carboxylic acids is 1. The number of primary amides is 1. The summed E-state index contributed by atoms with van der Waals surface area (Å²) in [5, 5.41) is 2.87. The van der Waals surface area contributed by atoms with Gasteiger partial charge in [0.25, 0.3) is 0 Å². The largest absolute Gasteiger partial charge is 0.368 e. The zero-order valence-corrected chi connectivity index (χ0v) is 7.91. The Kier molecular flexibility index (Phi) is 6.36. The Morgan fingerprint density at radius 1 is 1.73 bits per heavy atom. The van der Waals surface area contributed by atoms with Crippen molar-refractivity contribution < 1.29 is 4.79 Å². The van der Waals surface area contributed by atoms with Crippen LogP contribution in [0.5, 0.6) is 0 Å². The predicted octanol–water partition coefficient (Wildman–Crippen LogP) is 0.203. The molecule has 0 aromatic rings. The molecular weight excluding hydrogens is 160 g/mol. The van der Waals surface area contributed by atoms with E-state index in [1.54, 1.807) is 18.8 Å². The summed E-state index contributed by atoms with van der Waals surface area (Å²) in [6.45, 7) is 2.12. The van der Waals surface area contributed by atoms with Gasteiger partial charge in [-0.25, -0.2) is 0 Å². The summed E-state index contributed by atoms with van der Waals surface area (Å²) < 4.78 is 0. The van der Waals surface area contributed by atoms with Crippen LogP contribution in [-0.2, 0) is 4.79 Å². The van der Waals surface area contributed by atoms with E-state index in [1.807, 2.05) is 0 Å². The Hall–Kier alpha value is -0.220. The summed E-state index contributed by atoms with van der Waals surface area (Å²) in [5.74, 6) is 1.60. The number of carbonyl (C=O) groups is 1. The minimum atomic E-state index is -0.267. The lowest BCUT2D eigenvalue weighted by molar-refractivity contribution is -0.119. The van der Waals surface area contributed by atoms with Crippen molar-refractivity contribution >= 4 is 17.7 Å². The van der Waals surface area contributed by atoms with Gasteiger partial charge in [-0.15, -0.1) is 0 Å². The van der Waals surface area contributed by atoms with Crippen LogP contribution in [0.3, 0.4) is 0 Å². The number of nitrogens with one attached hydrogen (secondary N) is 1. The van der Waals surface area contributed by atoms with Crippen molar-refractivity contribution in [3.05, 3.63) is 0 Å². The lowest BCUT2D eigenvalue weighted by atomic mass is 10.3. The van der Waals surface area contributed by atoms with Crippen LogP contribution in [0.2, 0.25) is 0 Å². The fraction of sp³-hybridized carbons (Fsp3) is 0.857. The van der Waals surface area contributed by atoms with Crippen LogP contribution in [0.4, 0.5) is 0 Å². The quantitative estimate of drug-likeness (QED) is 0.569. The van der Waals surface area contributed by atoms with Gasteiger partial charge in [0.2, 0.25) is 5.91 Å². The number of likely N-dealkylation sites (N-methyl/N-ethyl adjacent to an activating group) is 1. The average molecular weight is 176 g/mol. The molecule has 1 amide bonds. The second-order valence-corrected chi connectivity index (χ2v) is 3.47. The number of hydrogen-bond acceptors (Lipinski definition) is 3. The van der Waals surface area contributed by atoms with Gasteiger partial charge in [-0.2, -0.15) is 11.8 Å². The van der Waals surface area contributed by atoms with E-state index in [4.69, 9.17) is 5.73 Å². The highest BCUT2D eigenvalue weighted by Gasteiger charge is 2.10. The molecule has 1 unspecified atom stereocenters. The molecule has 0 aliphatic carbocycles. The average Bonchev–Trinajstić information content (AvgIpc) is 1.97. The van der Waals surface area contributed by atoms with E-state index in [9.17, 15) is 4.79 Å². The van der Waals surface area contributed by atoms with E-state index < -0.39 is 0 Å². The fourth-order valence-electron chi connectivity index (χ4n) is 0.653. The van der Waals surface area contributed by atoms with Gasteiger partial charge in [-0.3, -0.25) is 4.79 Å². The van der Waals surface area contributed by atoms with Gasteiger partial charge in [0.1, 0.15) is 0 Å². The van der Waals surface area contributed by atoms with Crippen LogP contribution < -0.4 is 11.1 Å². The lowest BCUT2D eigenvalue weighted by Gasteiger charge is -2.10. The first kappa shape index (κ1) is 10.8. The van der Waals surface area contributed by atoms with Crippen LogP contribution in [0.1, 0.15) is 13.3 Å². The third kappa shape index (κ3) is 5.09. The van der Waals surface area contributed by atoms with Crippen molar-refractivity contribution in [1.82, 2.24) is 5.32 Å². The molecule has 0 saturated carbocycles. The molecule has 66 valence electrons. The summed E-state index contributed by atoms with van der Waals surface area (Å²) >= 11 is 1.75. The maximum atomic E-state index is 10.7. The van der Waals surface area contributed by atoms with Crippen molar-refractivity contribution in [2.24, 2.45) is 5.73 Å². The highest BCUT2D eigenvalue weighted by atomic mass is 32.2. The van der Waals surface area contributed by atoms with Crippen molar-refractivity contribution in [2.75, 3.05) is 18.6 Å². The predicted molar refractivity (Wildman–Crippen MR) is 49.7 cm³/mol. The van der Waals surface area contributed by atoms with Crippen molar-refractivity contribution in [2.45, 2.75) is 19.4 Å². The number of rotatable bonds is 6. The Bertz CT molecular complexity index is 119. The molecule has 0 aliphatic heterocycles. The Morgan fingerprint density at radius 3 is 2.73 bits per heavy atom. The first-order valence-electron chi connectivity index (χ1n) is 3.76. The summed E-state index contributed by atoms with van der Waals surface area (Å²) in [5.41, 5.74) is 5.11. The molecule has 0 aromatic carbocycles. The monoisotopic (exact) mass is 176 g/mol. The summed E-state index contributed by atoms with van der Waals surface area (Å²) in [4.78, 5) is 10.7. The molecule has 0 aromatic heterocycles. The lowest BCUT2D eigenvalue weighted by Crippen LogP contribution is -2.41. The molecular formula is C7H16N2OS. The smallest absolute Gasteiger partial charge is 0.235 e. The van der Waals surface area contributed by atoms with Crippen LogP contribution in [0.25, 0.3) is 0 Å². The zero-order valence-electron chi connectivity index (χ0n) is 7.09. The van der Waals surface area contributed by atoms with Gasteiger partial charge in [-0.05, 0) is 19.2 Å². The number of hydrogen-bond donors (Lipinski definition) is 2. The van der Waals surface area contributed by atoms with Gasteiger partial charge >= 0.3 is 0 Å². The van der Waals surface area contributed by atoms with Gasteiger partial charge in [0.15, 0.2) is 0 Å². The minimum Gasteiger partial charge on any atom is -0.368 e. The van der Waals surface area contributed by atoms with E-state index in [-0.39, 0.29) is 11.9 Å². The molecule has 0 bridgehead atoms. The topological polar surface area (TPSA) is 55.1 Å². The van der Waals surface area contributed by atoms with E-state index in [0.717, 1.165) is 17.9 Å². The maximum absolute atomic E-state index is 10.7. The molecule has 11 heavy (non-hydrogen) atoms. The summed E-state index contributed by atoms with van der Waals surface area (Å²) in [7, 11) is 1.75. The van der Waals surface area contributed by atoms with Crippen LogP contribution in [-0.4, -0.2) is 30.5 Å². The standard InChI is InChI=1S/C7H16N2OS/c1-3-4-11-5-6(9-2)7(8)10/h6,9H,3-5H2,1-2H3,(H2,8,10). The molecule has 0 saturated heterocycles. The molecule has 3 nitrogen and oxygen atoms in total. The first-order chi connectivity index (χ1) is 5.22. The highest BCUT2D eigenvalue weighted by Crippen LogP contribution is 2.03. The molecule has 1 atom stereocenters. The van der Waals surface area contributed by atoms with Gasteiger partial charge < -0.3 is 11.1 Å². The van der Waals surface area contributed by atoms with E-state index in [2.05, 4.69) is 12.2 Å². The van der Waals surface area contributed by atoms with Gasteiger partial charge in [0.05, 0.1) is 6.04 Å². The third-order valence-electron chi connectivity index (χ3n) is 1.32. The summed E-state index contributed by atoms with van der Waals surface area (Å²) in [6, 6.07) is -0.174. The maximum Gasteiger partial charge on any atom is 0.235 e. The zero-order chi connectivity index (χ0) is 8.69. The van der Waals surface area contributed by atoms with Crippen molar-refractivity contribution in [1.29, 1.82) is 0 Å². The molecule has 4 heteroatoms. The molecule has 0 aliphatic rings. The Balaban J connectivity index is 3.44. The highest BCUT2D eigenvalue weighted by molar-refractivity contribution is 7.99. The normalized spacial score (nSPS) is 12.9. The Labute approximate surface area is 72.1 Å². The van der Waals surface area contributed by atoms with Gasteiger partial charge in [-0.1, -0.05) is 6.92 Å². The minimum absolute atomic E-state index is 0.174. The van der Waals surface area contributed by atoms with Crippen LogP contribution in [0.15, 0.2) is 0 Å². The van der Waals surface area contributed by atoms with Crippen molar-refractivity contribution in [3.8, 4) is 0 Å². The fourth-order valence-corrected chi connectivity index (χ4v) is 1.68. The Morgan fingerprint density at radius 2 is 2.36 bits per heavy atom. The molecule has 3 N–H and O–H groups in total. The van der Waals surface area contributed by atoms with Crippen LogP contribution >= 0.6 is 11.8 Å².